The summed E-state index contributed by atoms with van der Waals surface area (Å²) in [6, 6.07) is 15.8. The van der Waals surface area contributed by atoms with E-state index in [1.165, 1.54) is 0 Å². The highest BCUT2D eigenvalue weighted by atomic mass is 35.5. The van der Waals surface area contributed by atoms with E-state index in [1.54, 1.807) is 54.4 Å². The molecule has 7 heteroatoms. The quantitative estimate of drug-likeness (QED) is 0.487. The number of hydrogen-bond donors (Lipinski definition) is 1. The second-order valence-corrected chi connectivity index (χ2v) is 7.55. The Balaban J connectivity index is 1.71. The van der Waals surface area contributed by atoms with E-state index in [0.29, 0.717) is 33.2 Å². The van der Waals surface area contributed by atoms with Crippen LogP contribution in [-0.2, 0) is 11.2 Å². The standard InChI is InChI=1S/C24H20ClN3O3/c1-15-4-3-11-26-23(15)27-22(29)12-17-14-28(21-10-9-19(31-2)13-20(17)21)24(30)16-5-7-18(25)8-6-16/h3-11,13-14H,12H2,1-2H3,(H,26,27,29). The predicted molar refractivity (Wildman–Crippen MR) is 121 cm³/mol. The van der Waals surface area contributed by atoms with Crippen molar-refractivity contribution in [2.45, 2.75) is 13.3 Å². The van der Waals surface area contributed by atoms with Crippen molar-refractivity contribution in [3.05, 3.63) is 88.7 Å². The van der Waals surface area contributed by atoms with Gasteiger partial charge in [0.05, 0.1) is 19.0 Å². The van der Waals surface area contributed by atoms with E-state index >= 15 is 0 Å². The molecule has 0 bridgehead atoms. The molecule has 0 saturated carbocycles. The lowest BCUT2D eigenvalue weighted by Crippen LogP contribution is -2.16. The second kappa shape index (κ2) is 8.62. The lowest BCUT2D eigenvalue weighted by Gasteiger charge is -2.06. The van der Waals surface area contributed by atoms with Gasteiger partial charge in [-0.15, -0.1) is 0 Å². The minimum absolute atomic E-state index is 0.0839. The van der Waals surface area contributed by atoms with Gasteiger partial charge in [0.15, 0.2) is 0 Å². The molecule has 0 aliphatic heterocycles. The molecule has 6 nitrogen and oxygen atoms in total. The maximum Gasteiger partial charge on any atom is 0.262 e. The molecule has 0 radical (unpaired) electrons. The van der Waals surface area contributed by atoms with Gasteiger partial charge in [-0.2, -0.15) is 0 Å². The van der Waals surface area contributed by atoms with Crippen LogP contribution in [0.5, 0.6) is 5.75 Å². The number of amides is 1. The van der Waals surface area contributed by atoms with Gasteiger partial charge in [0.25, 0.3) is 5.91 Å². The molecule has 1 N–H and O–H groups in total. The van der Waals surface area contributed by atoms with E-state index < -0.39 is 0 Å². The summed E-state index contributed by atoms with van der Waals surface area (Å²) in [6.45, 7) is 1.88. The Kier molecular flexibility index (Phi) is 5.73. The number of fused-ring (bicyclic) bond motifs is 1. The number of rotatable bonds is 5. The molecule has 4 rings (SSSR count). The fourth-order valence-corrected chi connectivity index (χ4v) is 3.54. The summed E-state index contributed by atoms with van der Waals surface area (Å²) in [5.74, 6) is 0.735. The Labute approximate surface area is 184 Å². The molecule has 156 valence electrons. The van der Waals surface area contributed by atoms with E-state index in [4.69, 9.17) is 16.3 Å². The Morgan fingerprint density at radius 1 is 1.13 bits per heavy atom. The number of anilines is 1. The highest BCUT2D eigenvalue weighted by molar-refractivity contribution is 6.30. The Morgan fingerprint density at radius 2 is 1.90 bits per heavy atom. The van der Waals surface area contributed by atoms with Crippen LogP contribution in [0.25, 0.3) is 10.9 Å². The third-order valence-electron chi connectivity index (χ3n) is 5.02. The largest absolute Gasteiger partial charge is 0.497 e. The molecular weight excluding hydrogens is 414 g/mol. The maximum absolute atomic E-state index is 13.1. The molecule has 0 atom stereocenters. The Morgan fingerprint density at radius 3 is 2.61 bits per heavy atom. The molecular formula is C24H20ClN3O3. The van der Waals surface area contributed by atoms with Gasteiger partial charge in [0.1, 0.15) is 11.6 Å². The van der Waals surface area contributed by atoms with Crippen LogP contribution in [0.3, 0.4) is 0 Å². The molecule has 2 aromatic carbocycles. The van der Waals surface area contributed by atoms with Crippen LogP contribution in [0.2, 0.25) is 5.02 Å². The number of aryl methyl sites for hydroxylation is 1. The summed E-state index contributed by atoms with van der Waals surface area (Å²) in [5, 5.41) is 4.17. The van der Waals surface area contributed by atoms with Crippen LogP contribution in [0.1, 0.15) is 21.5 Å². The average molecular weight is 434 g/mol. The molecule has 4 aromatic rings. The number of hydrogen-bond acceptors (Lipinski definition) is 4. The Hall–Kier alpha value is -3.64. The molecule has 1 amide bonds. The summed E-state index contributed by atoms with van der Waals surface area (Å²) in [5.41, 5.74) is 2.77. The number of carbonyl (C=O) groups excluding carboxylic acids is 2. The van der Waals surface area contributed by atoms with Gasteiger partial charge in [-0.25, -0.2) is 4.98 Å². The van der Waals surface area contributed by atoms with Crippen LogP contribution in [0, 0.1) is 6.92 Å². The molecule has 0 unspecified atom stereocenters. The number of pyridine rings is 1. The number of ether oxygens (including phenoxy) is 1. The van der Waals surface area contributed by atoms with E-state index in [1.807, 2.05) is 31.2 Å². The van der Waals surface area contributed by atoms with Crippen LogP contribution in [0.4, 0.5) is 5.82 Å². The van der Waals surface area contributed by atoms with Crippen LogP contribution in [0.15, 0.2) is 67.0 Å². The molecule has 0 saturated heterocycles. The van der Waals surface area contributed by atoms with Crippen molar-refractivity contribution in [2.75, 3.05) is 12.4 Å². The van der Waals surface area contributed by atoms with Crippen molar-refractivity contribution in [3.63, 3.8) is 0 Å². The summed E-state index contributed by atoms with van der Waals surface area (Å²) in [7, 11) is 1.58. The average Bonchev–Trinajstić information content (AvgIpc) is 3.12. The molecule has 0 spiro atoms. The minimum atomic E-state index is -0.220. The first-order valence-electron chi connectivity index (χ1n) is 9.66. The lowest BCUT2D eigenvalue weighted by atomic mass is 10.1. The van der Waals surface area contributed by atoms with E-state index in [9.17, 15) is 9.59 Å². The van der Waals surface area contributed by atoms with Gasteiger partial charge in [-0.3, -0.25) is 14.2 Å². The maximum atomic E-state index is 13.1. The Bertz CT molecular complexity index is 1280. The highest BCUT2D eigenvalue weighted by Crippen LogP contribution is 2.28. The third-order valence-corrected chi connectivity index (χ3v) is 5.27. The minimum Gasteiger partial charge on any atom is -0.497 e. The molecule has 0 aliphatic carbocycles. The number of benzene rings is 2. The van der Waals surface area contributed by atoms with Gasteiger partial charge in [0, 0.05) is 28.4 Å². The first-order valence-corrected chi connectivity index (χ1v) is 10.0. The van der Waals surface area contributed by atoms with Crippen molar-refractivity contribution in [1.29, 1.82) is 0 Å². The SMILES string of the molecule is COc1ccc2c(c1)c(CC(=O)Nc1ncccc1C)cn2C(=O)c1ccc(Cl)cc1. The van der Waals surface area contributed by atoms with Crippen molar-refractivity contribution >= 4 is 40.1 Å². The second-order valence-electron chi connectivity index (χ2n) is 7.11. The topological polar surface area (TPSA) is 73.2 Å². The van der Waals surface area contributed by atoms with Crippen LogP contribution < -0.4 is 10.1 Å². The lowest BCUT2D eigenvalue weighted by molar-refractivity contribution is -0.115. The highest BCUT2D eigenvalue weighted by Gasteiger charge is 2.18. The van der Waals surface area contributed by atoms with Crippen molar-refractivity contribution in [1.82, 2.24) is 9.55 Å². The van der Waals surface area contributed by atoms with Crippen LogP contribution >= 0.6 is 11.6 Å². The zero-order valence-corrected chi connectivity index (χ0v) is 17.8. The predicted octanol–water partition coefficient (Wildman–Crippen LogP) is 4.88. The third kappa shape index (κ3) is 4.29. The molecule has 2 aromatic heterocycles. The molecule has 2 heterocycles. The normalized spacial score (nSPS) is 10.8. The van der Waals surface area contributed by atoms with Gasteiger partial charge in [0.2, 0.25) is 5.91 Å². The van der Waals surface area contributed by atoms with Gasteiger partial charge < -0.3 is 10.1 Å². The molecule has 31 heavy (non-hydrogen) atoms. The van der Waals surface area contributed by atoms with E-state index in [2.05, 4.69) is 10.3 Å². The number of methoxy groups -OCH3 is 1. The monoisotopic (exact) mass is 433 g/mol. The van der Waals surface area contributed by atoms with Gasteiger partial charge in [-0.1, -0.05) is 17.7 Å². The zero-order valence-electron chi connectivity index (χ0n) is 17.1. The summed E-state index contributed by atoms with van der Waals surface area (Å²) in [4.78, 5) is 30.1. The van der Waals surface area contributed by atoms with Gasteiger partial charge >= 0.3 is 0 Å². The first kappa shape index (κ1) is 20.6. The molecule has 0 fully saturated rings. The number of nitrogens with one attached hydrogen (secondary N) is 1. The van der Waals surface area contributed by atoms with Crippen molar-refractivity contribution in [3.8, 4) is 5.75 Å². The smallest absolute Gasteiger partial charge is 0.262 e. The fraction of sp³-hybridized carbons (Fsp3) is 0.125. The number of aromatic nitrogens is 2. The van der Waals surface area contributed by atoms with E-state index in [0.717, 1.165) is 10.9 Å². The zero-order chi connectivity index (χ0) is 22.0. The number of carbonyl (C=O) groups is 2. The summed E-state index contributed by atoms with van der Waals surface area (Å²) < 4.78 is 6.89. The summed E-state index contributed by atoms with van der Waals surface area (Å²) in [6.07, 6.45) is 3.41. The number of halogens is 1. The van der Waals surface area contributed by atoms with Crippen molar-refractivity contribution < 1.29 is 14.3 Å². The fourth-order valence-electron chi connectivity index (χ4n) is 3.41. The van der Waals surface area contributed by atoms with Crippen LogP contribution in [-0.4, -0.2) is 28.5 Å². The first-order chi connectivity index (χ1) is 15.0. The van der Waals surface area contributed by atoms with Gasteiger partial charge in [-0.05, 0) is 66.6 Å². The molecule has 0 aliphatic rings. The van der Waals surface area contributed by atoms with Crippen molar-refractivity contribution in [2.24, 2.45) is 0 Å². The summed E-state index contributed by atoms with van der Waals surface area (Å²) >= 11 is 5.95. The van der Waals surface area contributed by atoms with E-state index in [-0.39, 0.29) is 18.2 Å². The number of nitrogens with zero attached hydrogens (tertiary/aromatic N) is 2.